The molecule has 102 valence electrons. The highest BCUT2D eigenvalue weighted by Crippen LogP contribution is 2.22. The number of aromatic amines is 1. The third kappa shape index (κ3) is 2.75. The lowest BCUT2D eigenvalue weighted by atomic mass is 10.2. The van der Waals surface area contributed by atoms with E-state index in [0.717, 1.165) is 33.5 Å². The average molecular weight is 285 g/mol. The molecule has 0 aliphatic rings. The van der Waals surface area contributed by atoms with Crippen molar-refractivity contribution >= 4 is 28.6 Å². The molecule has 2 aromatic heterocycles. The molecule has 0 unspecified atom stereocenters. The van der Waals surface area contributed by atoms with Gasteiger partial charge in [0.2, 0.25) is 0 Å². The second kappa shape index (κ2) is 5.50. The minimum Gasteiger partial charge on any atom is -0.372 e. The van der Waals surface area contributed by atoms with E-state index in [0.29, 0.717) is 0 Å². The second-order valence-electron chi connectivity index (χ2n) is 4.49. The van der Waals surface area contributed by atoms with Crippen LogP contribution in [0.15, 0.2) is 35.7 Å². The average Bonchev–Trinajstić information content (AvgIpc) is 2.87. The number of rotatable bonds is 4. The maximum absolute atomic E-state index is 4.55. The van der Waals surface area contributed by atoms with E-state index in [4.69, 9.17) is 0 Å². The molecule has 6 heteroatoms. The van der Waals surface area contributed by atoms with E-state index >= 15 is 0 Å². The third-order valence-corrected chi connectivity index (χ3v) is 3.84. The van der Waals surface area contributed by atoms with Crippen molar-refractivity contribution in [3.05, 3.63) is 41.9 Å². The van der Waals surface area contributed by atoms with Gasteiger partial charge in [-0.15, -0.1) is 0 Å². The maximum Gasteiger partial charge on any atom is 0.166 e. The number of aromatic nitrogens is 4. The summed E-state index contributed by atoms with van der Waals surface area (Å²) in [6.45, 7) is 2.08. The molecule has 0 spiro atoms. The zero-order chi connectivity index (χ0) is 13.9. The number of nitrogens with zero attached hydrogens (tertiary/aromatic N) is 3. The number of fused-ring (bicyclic) bond motifs is 1. The summed E-state index contributed by atoms with van der Waals surface area (Å²) in [5.41, 5.74) is 4.23. The fourth-order valence-corrected chi connectivity index (χ4v) is 2.65. The first-order valence-corrected chi connectivity index (χ1v) is 7.31. The maximum atomic E-state index is 4.55. The van der Waals surface area contributed by atoms with Crippen molar-refractivity contribution in [2.45, 2.75) is 17.8 Å². The summed E-state index contributed by atoms with van der Waals surface area (Å²) in [6, 6.07) is 6.21. The molecule has 0 saturated heterocycles. The van der Waals surface area contributed by atoms with Crippen LogP contribution in [0.5, 0.6) is 0 Å². The number of imidazole rings is 1. The Kier molecular flexibility index (Phi) is 3.56. The Morgan fingerprint density at radius 2 is 2.15 bits per heavy atom. The predicted octanol–water partition coefficient (Wildman–Crippen LogP) is 3.00. The molecule has 0 aliphatic carbocycles. The summed E-state index contributed by atoms with van der Waals surface area (Å²) in [5, 5.41) is 3.86. The van der Waals surface area contributed by atoms with Gasteiger partial charge in [-0.25, -0.2) is 9.97 Å². The van der Waals surface area contributed by atoms with E-state index in [1.54, 1.807) is 24.2 Å². The molecule has 0 bridgehead atoms. The Morgan fingerprint density at radius 3 is 2.90 bits per heavy atom. The van der Waals surface area contributed by atoms with Crippen molar-refractivity contribution in [1.82, 2.24) is 19.9 Å². The fourth-order valence-electron chi connectivity index (χ4n) is 1.87. The number of H-pyrrole nitrogens is 1. The molecular weight excluding hydrogens is 270 g/mol. The summed E-state index contributed by atoms with van der Waals surface area (Å²) in [6.07, 6.45) is 3.52. The lowest BCUT2D eigenvalue weighted by Gasteiger charge is -2.00. The van der Waals surface area contributed by atoms with Crippen molar-refractivity contribution in [3.8, 4) is 0 Å². The van der Waals surface area contributed by atoms with Gasteiger partial charge in [0.1, 0.15) is 5.82 Å². The minimum absolute atomic E-state index is 0.746. The third-order valence-electron chi connectivity index (χ3n) is 2.93. The molecule has 2 heterocycles. The highest BCUT2D eigenvalue weighted by Gasteiger charge is 2.05. The van der Waals surface area contributed by atoms with Crippen LogP contribution in [0.2, 0.25) is 0 Å². The van der Waals surface area contributed by atoms with Crippen LogP contribution in [-0.2, 0) is 5.75 Å². The number of nitrogens with one attached hydrogen (secondary N) is 2. The Labute approximate surface area is 121 Å². The van der Waals surface area contributed by atoms with Crippen LogP contribution < -0.4 is 5.32 Å². The molecule has 3 rings (SSSR count). The molecule has 5 nitrogen and oxygen atoms in total. The van der Waals surface area contributed by atoms with Gasteiger partial charge in [0.15, 0.2) is 5.16 Å². The van der Waals surface area contributed by atoms with Crippen molar-refractivity contribution in [3.63, 3.8) is 0 Å². The molecule has 0 fully saturated rings. The molecular formula is C14H15N5S. The molecule has 1 aromatic carbocycles. The van der Waals surface area contributed by atoms with Crippen LogP contribution >= 0.6 is 11.8 Å². The van der Waals surface area contributed by atoms with E-state index in [2.05, 4.69) is 44.3 Å². The summed E-state index contributed by atoms with van der Waals surface area (Å²) >= 11 is 1.63. The van der Waals surface area contributed by atoms with Crippen LogP contribution in [-0.4, -0.2) is 27.0 Å². The first kappa shape index (κ1) is 12.9. The van der Waals surface area contributed by atoms with Gasteiger partial charge in [-0.1, -0.05) is 17.8 Å². The highest BCUT2D eigenvalue weighted by atomic mass is 32.2. The zero-order valence-corrected chi connectivity index (χ0v) is 12.2. The van der Waals surface area contributed by atoms with Crippen LogP contribution in [0.4, 0.5) is 5.82 Å². The second-order valence-corrected chi connectivity index (χ2v) is 5.46. The Balaban J connectivity index is 1.72. The number of aryl methyl sites for hydroxylation is 1. The van der Waals surface area contributed by atoms with E-state index in [9.17, 15) is 0 Å². The molecule has 20 heavy (non-hydrogen) atoms. The van der Waals surface area contributed by atoms with Gasteiger partial charge in [0.05, 0.1) is 29.1 Å². The SMILES string of the molecule is CNc1cnc(CSc2nc3ccc(C)cc3[nH]2)cn1. The van der Waals surface area contributed by atoms with Crippen LogP contribution in [0, 0.1) is 6.92 Å². The summed E-state index contributed by atoms with van der Waals surface area (Å²) < 4.78 is 0. The van der Waals surface area contributed by atoms with Gasteiger partial charge >= 0.3 is 0 Å². The molecule has 0 saturated carbocycles. The van der Waals surface area contributed by atoms with Crippen LogP contribution in [0.1, 0.15) is 11.3 Å². The molecule has 0 atom stereocenters. The topological polar surface area (TPSA) is 66.5 Å². The van der Waals surface area contributed by atoms with Gasteiger partial charge < -0.3 is 10.3 Å². The van der Waals surface area contributed by atoms with E-state index in [1.807, 2.05) is 13.1 Å². The van der Waals surface area contributed by atoms with E-state index in [1.165, 1.54) is 5.56 Å². The number of anilines is 1. The lowest BCUT2D eigenvalue weighted by Crippen LogP contribution is -1.95. The summed E-state index contributed by atoms with van der Waals surface area (Å²) in [5.74, 6) is 1.52. The van der Waals surface area contributed by atoms with Crippen molar-refractivity contribution in [1.29, 1.82) is 0 Å². The lowest BCUT2D eigenvalue weighted by molar-refractivity contribution is 1.06. The van der Waals surface area contributed by atoms with Crippen LogP contribution in [0.25, 0.3) is 11.0 Å². The number of benzene rings is 1. The van der Waals surface area contributed by atoms with Crippen molar-refractivity contribution in [2.24, 2.45) is 0 Å². The monoisotopic (exact) mass is 285 g/mol. The van der Waals surface area contributed by atoms with Gasteiger partial charge in [0.25, 0.3) is 0 Å². The smallest absolute Gasteiger partial charge is 0.166 e. The molecule has 0 amide bonds. The number of thioether (sulfide) groups is 1. The first-order valence-electron chi connectivity index (χ1n) is 6.32. The predicted molar refractivity (Wildman–Crippen MR) is 82.0 cm³/mol. The van der Waals surface area contributed by atoms with Gasteiger partial charge in [-0.3, -0.25) is 4.98 Å². The van der Waals surface area contributed by atoms with E-state index in [-0.39, 0.29) is 0 Å². The molecule has 0 radical (unpaired) electrons. The molecule has 3 aromatic rings. The molecule has 2 N–H and O–H groups in total. The summed E-state index contributed by atoms with van der Waals surface area (Å²) in [4.78, 5) is 16.5. The standard InChI is InChI=1S/C14H15N5S/c1-9-3-4-11-12(5-9)19-14(18-11)20-8-10-6-17-13(15-2)7-16-10/h3-7H,8H2,1-2H3,(H,15,17)(H,18,19). The number of hydrogen-bond acceptors (Lipinski definition) is 5. The summed E-state index contributed by atoms with van der Waals surface area (Å²) in [7, 11) is 1.83. The fraction of sp³-hybridized carbons (Fsp3) is 0.214. The van der Waals surface area contributed by atoms with Gasteiger partial charge in [0, 0.05) is 12.8 Å². The molecule has 0 aliphatic heterocycles. The first-order chi connectivity index (χ1) is 9.74. The van der Waals surface area contributed by atoms with Crippen LogP contribution in [0.3, 0.4) is 0 Å². The van der Waals surface area contributed by atoms with Gasteiger partial charge in [-0.2, -0.15) is 0 Å². The Bertz CT molecular complexity index is 720. The normalized spacial score (nSPS) is 10.9. The van der Waals surface area contributed by atoms with Crippen molar-refractivity contribution < 1.29 is 0 Å². The number of hydrogen-bond donors (Lipinski definition) is 2. The minimum atomic E-state index is 0.746. The largest absolute Gasteiger partial charge is 0.372 e. The van der Waals surface area contributed by atoms with Gasteiger partial charge in [-0.05, 0) is 24.6 Å². The van der Waals surface area contributed by atoms with Crippen molar-refractivity contribution in [2.75, 3.05) is 12.4 Å². The highest BCUT2D eigenvalue weighted by molar-refractivity contribution is 7.98. The Hall–Kier alpha value is -2.08. The quantitative estimate of drug-likeness (QED) is 0.721. The Morgan fingerprint density at radius 1 is 1.25 bits per heavy atom. The zero-order valence-electron chi connectivity index (χ0n) is 11.3. The van der Waals surface area contributed by atoms with E-state index < -0.39 is 0 Å².